The SMILES string of the molecule is O=C([O-])C(F)(F)F.[NH3+]CCSCc1ccccc1. The minimum Gasteiger partial charge on any atom is -0.542 e. The van der Waals surface area contributed by atoms with Crippen LogP contribution in [-0.2, 0) is 10.5 Å². The first-order valence-corrected chi connectivity index (χ1v) is 6.22. The van der Waals surface area contributed by atoms with Gasteiger partial charge in [0.05, 0.1) is 6.54 Å². The van der Waals surface area contributed by atoms with Crippen molar-refractivity contribution < 1.29 is 28.8 Å². The molecule has 0 unspecified atom stereocenters. The van der Waals surface area contributed by atoms with Gasteiger partial charge in [-0.25, -0.2) is 0 Å². The summed E-state index contributed by atoms with van der Waals surface area (Å²) in [6, 6.07) is 10.5. The third kappa shape index (κ3) is 8.89. The Morgan fingerprint density at radius 3 is 2.17 bits per heavy atom. The highest BCUT2D eigenvalue weighted by atomic mass is 32.2. The number of carboxylic acid groups (broad SMARTS) is 1. The van der Waals surface area contributed by atoms with Crippen LogP contribution >= 0.6 is 11.8 Å². The van der Waals surface area contributed by atoms with Crippen LogP contribution in [0.3, 0.4) is 0 Å². The van der Waals surface area contributed by atoms with E-state index in [0.717, 1.165) is 18.1 Å². The molecule has 0 radical (unpaired) electrons. The number of rotatable bonds is 4. The lowest BCUT2D eigenvalue weighted by Gasteiger charge is -2.03. The third-order valence-electron chi connectivity index (χ3n) is 1.63. The molecule has 3 N–H and O–H groups in total. The van der Waals surface area contributed by atoms with Gasteiger partial charge in [0.25, 0.3) is 0 Å². The van der Waals surface area contributed by atoms with E-state index in [1.165, 1.54) is 5.56 Å². The summed E-state index contributed by atoms with van der Waals surface area (Å²) in [7, 11) is 0. The summed E-state index contributed by atoms with van der Waals surface area (Å²) < 4.78 is 31.5. The molecular weight excluding hydrogens is 267 g/mol. The molecule has 0 atom stereocenters. The number of alkyl halides is 3. The molecule has 0 heterocycles. The Kier molecular flexibility index (Phi) is 8.23. The molecule has 0 spiro atoms. The first-order valence-electron chi connectivity index (χ1n) is 5.07. The number of carboxylic acids is 1. The summed E-state index contributed by atoms with van der Waals surface area (Å²) >= 11 is 1.94. The van der Waals surface area contributed by atoms with E-state index in [9.17, 15) is 13.2 Å². The molecule has 0 aliphatic heterocycles. The molecule has 1 rings (SSSR count). The number of thioether (sulfide) groups is 1. The molecular formula is C11H14F3NO2S. The fourth-order valence-corrected chi connectivity index (χ4v) is 1.64. The lowest BCUT2D eigenvalue weighted by Crippen LogP contribution is -2.51. The van der Waals surface area contributed by atoms with Crippen molar-refractivity contribution >= 4 is 17.7 Å². The average Bonchev–Trinajstić information content (AvgIpc) is 2.30. The Balaban J connectivity index is 0.000000360. The molecule has 0 aromatic heterocycles. The minimum atomic E-state index is -5.19. The predicted molar refractivity (Wildman–Crippen MR) is 61.4 cm³/mol. The Morgan fingerprint density at radius 1 is 1.28 bits per heavy atom. The van der Waals surface area contributed by atoms with Gasteiger partial charge in [0.2, 0.25) is 0 Å². The molecule has 0 bridgehead atoms. The van der Waals surface area contributed by atoms with Gasteiger partial charge in [0.15, 0.2) is 0 Å². The fourth-order valence-electron chi connectivity index (χ4n) is 0.866. The first-order chi connectivity index (χ1) is 8.38. The number of aliphatic carboxylic acids is 1. The number of carbonyl (C=O) groups is 1. The van der Waals surface area contributed by atoms with Crippen LogP contribution in [0, 0.1) is 0 Å². The van der Waals surface area contributed by atoms with Gasteiger partial charge in [0, 0.05) is 11.5 Å². The molecule has 102 valence electrons. The van der Waals surface area contributed by atoms with Crippen LogP contribution in [0.1, 0.15) is 5.56 Å². The molecule has 7 heteroatoms. The quantitative estimate of drug-likeness (QED) is 0.815. The molecule has 0 aliphatic rings. The van der Waals surface area contributed by atoms with Gasteiger partial charge >= 0.3 is 6.18 Å². The zero-order valence-electron chi connectivity index (χ0n) is 9.57. The number of carbonyl (C=O) groups excluding carboxylic acids is 1. The summed E-state index contributed by atoms with van der Waals surface area (Å²) in [6.45, 7) is 1.03. The van der Waals surface area contributed by atoms with E-state index >= 15 is 0 Å². The van der Waals surface area contributed by atoms with Crippen molar-refractivity contribution in [3.63, 3.8) is 0 Å². The first kappa shape index (κ1) is 16.8. The minimum absolute atomic E-state index is 1.03. The largest absolute Gasteiger partial charge is 0.542 e. The van der Waals surface area contributed by atoms with Crippen molar-refractivity contribution in [2.45, 2.75) is 11.9 Å². The fraction of sp³-hybridized carbons (Fsp3) is 0.364. The summed E-state index contributed by atoms with van der Waals surface area (Å²) in [5.41, 5.74) is 5.20. The molecule has 1 aromatic rings. The summed E-state index contributed by atoms with van der Waals surface area (Å²) in [6.07, 6.45) is -5.19. The van der Waals surface area contributed by atoms with Crippen molar-refractivity contribution in [2.75, 3.05) is 12.3 Å². The lowest BCUT2D eigenvalue weighted by atomic mass is 10.2. The highest BCUT2D eigenvalue weighted by Crippen LogP contribution is 2.11. The average molecular weight is 281 g/mol. The summed E-state index contributed by atoms with van der Waals surface area (Å²) in [4.78, 5) is 8.78. The van der Waals surface area contributed by atoms with Gasteiger partial charge in [-0.15, -0.1) is 0 Å². The second-order valence-electron chi connectivity index (χ2n) is 3.18. The molecule has 0 aliphatic carbocycles. The predicted octanol–water partition coefficient (Wildman–Crippen LogP) is 0.460. The molecule has 0 fully saturated rings. The van der Waals surface area contributed by atoms with E-state index in [1.54, 1.807) is 0 Å². The monoisotopic (exact) mass is 281 g/mol. The van der Waals surface area contributed by atoms with Crippen molar-refractivity contribution in [3.05, 3.63) is 35.9 Å². The van der Waals surface area contributed by atoms with E-state index in [1.807, 2.05) is 11.8 Å². The highest BCUT2D eigenvalue weighted by molar-refractivity contribution is 7.98. The summed E-state index contributed by atoms with van der Waals surface area (Å²) in [5, 5.41) is 8.78. The standard InChI is InChI=1S/C9H13NS.C2HF3O2/c10-6-7-11-8-9-4-2-1-3-5-9;3-2(4,5)1(6)7/h1-5H,6-8,10H2;(H,6,7). The maximum Gasteiger partial charge on any atom is 0.430 e. The van der Waals surface area contributed by atoms with Gasteiger partial charge in [-0.05, 0) is 5.56 Å². The molecule has 3 nitrogen and oxygen atoms in total. The number of halogens is 3. The van der Waals surface area contributed by atoms with Crippen LogP contribution in [-0.4, -0.2) is 24.4 Å². The number of hydrogen-bond donors (Lipinski definition) is 1. The zero-order chi connectivity index (χ0) is 14.0. The Bertz CT molecular complexity index is 344. The molecule has 18 heavy (non-hydrogen) atoms. The van der Waals surface area contributed by atoms with Gasteiger partial charge in [0.1, 0.15) is 5.97 Å². The zero-order valence-corrected chi connectivity index (χ0v) is 10.4. The van der Waals surface area contributed by atoms with Gasteiger partial charge in [-0.2, -0.15) is 24.9 Å². The van der Waals surface area contributed by atoms with E-state index in [4.69, 9.17) is 9.90 Å². The second-order valence-corrected chi connectivity index (χ2v) is 4.28. The third-order valence-corrected chi connectivity index (χ3v) is 2.75. The smallest absolute Gasteiger partial charge is 0.430 e. The Hall–Kier alpha value is -1.21. The molecule has 1 aromatic carbocycles. The van der Waals surface area contributed by atoms with Crippen LogP contribution in [0.15, 0.2) is 30.3 Å². The highest BCUT2D eigenvalue weighted by Gasteiger charge is 2.28. The van der Waals surface area contributed by atoms with Crippen molar-refractivity contribution in [3.8, 4) is 0 Å². The van der Waals surface area contributed by atoms with E-state index < -0.39 is 12.1 Å². The van der Waals surface area contributed by atoms with E-state index in [2.05, 4.69) is 36.1 Å². The molecule has 0 saturated heterocycles. The van der Waals surface area contributed by atoms with E-state index in [-0.39, 0.29) is 0 Å². The molecule has 0 amide bonds. The number of benzene rings is 1. The normalized spacial score (nSPS) is 10.4. The topological polar surface area (TPSA) is 67.8 Å². The Morgan fingerprint density at radius 2 is 1.78 bits per heavy atom. The number of hydrogen-bond acceptors (Lipinski definition) is 3. The Labute approximate surface area is 107 Å². The van der Waals surface area contributed by atoms with Crippen molar-refractivity contribution in [2.24, 2.45) is 0 Å². The van der Waals surface area contributed by atoms with Crippen LogP contribution in [0.25, 0.3) is 0 Å². The molecule has 0 saturated carbocycles. The lowest BCUT2D eigenvalue weighted by molar-refractivity contribution is -0.360. The van der Waals surface area contributed by atoms with Crippen molar-refractivity contribution in [1.82, 2.24) is 0 Å². The maximum absolute atomic E-state index is 10.5. The second kappa shape index (κ2) is 8.82. The van der Waals surface area contributed by atoms with Gasteiger partial charge in [-0.3, -0.25) is 0 Å². The number of quaternary nitrogens is 1. The summed E-state index contributed by atoms with van der Waals surface area (Å²) in [5.74, 6) is -0.724. The maximum atomic E-state index is 10.5. The van der Waals surface area contributed by atoms with Crippen LogP contribution in [0.4, 0.5) is 13.2 Å². The van der Waals surface area contributed by atoms with E-state index in [0.29, 0.717) is 0 Å². The van der Waals surface area contributed by atoms with Crippen LogP contribution in [0.2, 0.25) is 0 Å². The van der Waals surface area contributed by atoms with Crippen LogP contribution in [0.5, 0.6) is 0 Å². The van der Waals surface area contributed by atoms with Gasteiger partial charge in [-0.1, -0.05) is 30.3 Å². The van der Waals surface area contributed by atoms with Crippen molar-refractivity contribution in [1.29, 1.82) is 0 Å². The van der Waals surface area contributed by atoms with Gasteiger partial charge < -0.3 is 15.6 Å². The van der Waals surface area contributed by atoms with Crippen LogP contribution < -0.4 is 10.8 Å².